The Morgan fingerprint density at radius 2 is 1.83 bits per heavy atom. The van der Waals surface area contributed by atoms with Crippen LogP contribution in [0.3, 0.4) is 0 Å². The highest BCUT2D eigenvalue weighted by Crippen LogP contribution is 1.95. The van der Waals surface area contributed by atoms with Crippen molar-refractivity contribution in [1.29, 1.82) is 0 Å². The standard InChI is InChI=1S/C15H29N5O3.HI/c1-4-5-9-21-11-12-22-10-8-18-15(16-3)17-7-6-14-19-13(2)20-23-14;/h4-12H2,1-3H3,(H2,16,17,18);1H. The van der Waals surface area contributed by atoms with Crippen molar-refractivity contribution >= 4 is 29.9 Å². The SMILES string of the molecule is CCCCOCCOCCNC(=NC)NCCc1nc(C)no1.I. The average molecular weight is 455 g/mol. The number of aryl methyl sites for hydroxylation is 1. The van der Waals surface area contributed by atoms with Crippen molar-refractivity contribution in [2.75, 3.05) is 46.6 Å². The van der Waals surface area contributed by atoms with Crippen LogP contribution in [0.5, 0.6) is 0 Å². The summed E-state index contributed by atoms with van der Waals surface area (Å²) in [6.07, 6.45) is 2.92. The average Bonchev–Trinajstić information content (AvgIpc) is 2.97. The summed E-state index contributed by atoms with van der Waals surface area (Å²) in [6.45, 7) is 8.01. The van der Waals surface area contributed by atoms with Gasteiger partial charge in [0.15, 0.2) is 11.8 Å². The van der Waals surface area contributed by atoms with E-state index >= 15 is 0 Å². The van der Waals surface area contributed by atoms with Crippen molar-refractivity contribution in [2.24, 2.45) is 4.99 Å². The molecule has 0 amide bonds. The Bertz CT molecular complexity index is 442. The number of nitrogens with zero attached hydrogens (tertiary/aromatic N) is 3. The monoisotopic (exact) mass is 455 g/mol. The number of nitrogens with one attached hydrogen (secondary N) is 2. The molecule has 2 N–H and O–H groups in total. The maximum atomic E-state index is 5.48. The van der Waals surface area contributed by atoms with Crippen LogP contribution in [0.15, 0.2) is 9.52 Å². The molecule has 9 heteroatoms. The van der Waals surface area contributed by atoms with E-state index in [1.165, 1.54) is 0 Å². The molecule has 0 unspecified atom stereocenters. The molecular weight excluding hydrogens is 425 g/mol. The fourth-order valence-corrected chi connectivity index (χ4v) is 1.76. The van der Waals surface area contributed by atoms with Crippen LogP contribution >= 0.6 is 24.0 Å². The third-order valence-corrected chi connectivity index (χ3v) is 2.98. The van der Waals surface area contributed by atoms with E-state index in [9.17, 15) is 0 Å². The number of aromatic nitrogens is 2. The van der Waals surface area contributed by atoms with E-state index in [1.54, 1.807) is 14.0 Å². The van der Waals surface area contributed by atoms with E-state index in [2.05, 4.69) is 32.7 Å². The van der Waals surface area contributed by atoms with Gasteiger partial charge in [-0.05, 0) is 13.3 Å². The van der Waals surface area contributed by atoms with E-state index < -0.39 is 0 Å². The predicted molar refractivity (Wildman–Crippen MR) is 104 cm³/mol. The maximum absolute atomic E-state index is 5.48. The zero-order valence-corrected chi connectivity index (χ0v) is 17.2. The van der Waals surface area contributed by atoms with Crippen LogP contribution in [0.1, 0.15) is 31.5 Å². The van der Waals surface area contributed by atoms with Gasteiger partial charge in [-0.25, -0.2) is 0 Å². The molecule has 0 saturated carbocycles. The third-order valence-electron chi connectivity index (χ3n) is 2.98. The van der Waals surface area contributed by atoms with Crippen LogP contribution in [0.4, 0.5) is 0 Å². The lowest BCUT2D eigenvalue weighted by molar-refractivity contribution is 0.0487. The Morgan fingerprint density at radius 3 is 2.46 bits per heavy atom. The van der Waals surface area contributed by atoms with Crippen molar-refractivity contribution in [2.45, 2.75) is 33.1 Å². The first kappa shape index (κ1) is 23.1. The van der Waals surface area contributed by atoms with Crippen LogP contribution in [-0.2, 0) is 15.9 Å². The number of unbranched alkanes of at least 4 members (excludes halogenated alkanes) is 1. The van der Waals surface area contributed by atoms with E-state index in [-0.39, 0.29) is 24.0 Å². The Kier molecular flexibility index (Phi) is 15.0. The molecule has 0 spiro atoms. The molecule has 0 atom stereocenters. The van der Waals surface area contributed by atoms with Crippen molar-refractivity contribution in [3.8, 4) is 0 Å². The predicted octanol–water partition coefficient (Wildman–Crippen LogP) is 1.54. The highest BCUT2D eigenvalue weighted by Gasteiger charge is 2.03. The normalized spacial score (nSPS) is 11.2. The number of guanidine groups is 1. The Labute approximate surface area is 161 Å². The van der Waals surface area contributed by atoms with Crippen LogP contribution < -0.4 is 10.6 Å². The molecule has 0 aromatic carbocycles. The lowest BCUT2D eigenvalue weighted by Crippen LogP contribution is -2.39. The van der Waals surface area contributed by atoms with Gasteiger partial charge in [0.25, 0.3) is 0 Å². The number of halogens is 1. The molecule has 1 rings (SSSR count). The fraction of sp³-hybridized carbons (Fsp3) is 0.800. The zero-order chi connectivity index (χ0) is 16.8. The molecule has 0 aliphatic carbocycles. The van der Waals surface area contributed by atoms with Gasteiger partial charge in [0, 0.05) is 33.2 Å². The lowest BCUT2D eigenvalue weighted by atomic mass is 10.4. The molecule has 0 fully saturated rings. The number of aliphatic imine (C=N–C) groups is 1. The lowest BCUT2D eigenvalue weighted by Gasteiger charge is -2.11. The van der Waals surface area contributed by atoms with E-state index in [0.29, 0.717) is 51.0 Å². The van der Waals surface area contributed by atoms with Crippen molar-refractivity contribution in [3.05, 3.63) is 11.7 Å². The quantitative estimate of drug-likeness (QED) is 0.214. The van der Waals surface area contributed by atoms with Crippen LogP contribution in [0.2, 0.25) is 0 Å². The summed E-state index contributed by atoms with van der Waals surface area (Å²) in [5, 5.41) is 10.1. The molecule has 1 aromatic heterocycles. The largest absolute Gasteiger partial charge is 0.379 e. The summed E-state index contributed by atoms with van der Waals surface area (Å²) in [5.41, 5.74) is 0. The molecule has 0 bridgehead atoms. The molecule has 0 saturated heterocycles. The van der Waals surface area contributed by atoms with Gasteiger partial charge in [0.1, 0.15) is 0 Å². The summed E-state index contributed by atoms with van der Waals surface area (Å²) in [7, 11) is 1.73. The number of hydrogen-bond acceptors (Lipinski definition) is 6. The molecule has 140 valence electrons. The molecule has 24 heavy (non-hydrogen) atoms. The highest BCUT2D eigenvalue weighted by molar-refractivity contribution is 14.0. The van der Waals surface area contributed by atoms with E-state index in [0.717, 1.165) is 25.4 Å². The van der Waals surface area contributed by atoms with Gasteiger partial charge in [-0.15, -0.1) is 24.0 Å². The summed E-state index contributed by atoms with van der Waals surface area (Å²) in [6, 6.07) is 0. The first-order chi connectivity index (χ1) is 11.3. The third kappa shape index (κ3) is 11.6. The van der Waals surface area contributed by atoms with Gasteiger partial charge < -0.3 is 24.6 Å². The van der Waals surface area contributed by atoms with Gasteiger partial charge in [0.05, 0.1) is 19.8 Å². The highest BCUT2D eigenvalue weighted by atomic mass is 127. The fourth-order valence-electron chi connectivity index (χ4n) is 1.76. The van der Waals surface area contributed by atoms with Crippen molar-refractivity contribution in [3.63, 3.8) is 0 Å². The molecule has 0 aliphatic rings. The number of rotatable bonds is 12. The molecular formula is C15H30IN5O3. The van der Waals surface area contributed by atoms with Crippen LogP contribution in [0.25, 0.3) is 0 Å². The van der Waals surface area contributed by atoms with Crippen LogP contribution in [0, 0.1) is 6.92 Å². The van der Waals surface area contributed by atoms with E-state index in [1.807, 2.05) is 0 Å². The Hall–Kier alpha value is -0.940. The topological polar surface area (TPSA) is 93.8 Å². The minimum Gasteiger partial charge on any atom is -0.379 e. The second kappa shape index (κ2) is 15.6. The molecule has 0 radical (unpaired) electrons. The zero-order valence-electron chi connectivity index (χ0n) is 14.8. The second-order valence-corrected chi connectivity index (χ2v) is 4.99. The maximum Gasteiger partial charge on any atom is 0.228 e. The van der Waals surface area contributed by atoms with Crippen LogP contribution in [-0.4, -0.2) is 62.7 Å². The second-order valence-electron chi connectivity index (χ2n) is 4.99. The van der Waals surface area contributed by atoms with E-state index in [4.69, 9.17) is 14.0 Å². The molecule has 8 nitrogen and oxygen atoms in total. The van der Waals surface area contributed by atoms with Gasteiger partial charge in [-0.3, -0.25) is 4.99 Å². The van der Waals surface area contributed by atoms with Crippen molar-refractivity contribution < 1.29 is 14.0 Å². The van der Waals surface area contributed by atoms with Gasteiger partial charge >= 0.3 is 0 Å². The summed E-state index contributed by atoms with van der Waals surface area (Å²) < 4.78 is 15.9. The summed E-state index contributed by atoms with van der Waals surface area (Å²) in [5.74, 6) is 2.00. The Balaban J connectivity index is 0.00000529. The minimum atomic E-state index is 0. The van der Waals surface area contributed by atoms with Gasteiger partial charge in [-0.1, -0.05) is 18.5 Å². The molecule has 1 heterocycles. The smallest absolute Gasteiger partial charge is 0.228 e. The summed E-state index contributed by atoms with van der Waals surface area (Å²) >= 11 is 0. The first-order valence-electron chi connectivity index (χ1n) is 8.15. The minimum absolute atomic E-state index is 0. The first-order valence-corrected chi connectivity index (χ1v) is 8.15. The van der Waals surface area contributed by atoms with Gasteiger partial charge in [-0.2, -0.15) is 4.98 Å². The number of hydrogen-bond donors (Lipinski definition) is 2. The van der Waals surface area contributed by atoms with Gasteiger partial charge in [0.2, 0.25) is 5.89 Å². The molecule has 1 aromatic rings. The van der Waals surface area contributed by atoms with Crippen molar-refractivity contribution in [1.82, 2.24) is 20.8 Å². The number of ether oxygens (including phenoxy) is 2. The summed E-state index contributed by atoms with van der Waals surface area (Å²) in [4.78, 5) is 8.29. The molecule has 0 aliphatic heterocycles. The Morgan fingerprint density at radius 1 is 1.12 bits per heavy atom.